The average molecular weight is 263 g/mol. The number of rotatable bonds is 9. The molecule has 0 unspecified atom stereocenters. The highest BCUT2D eigenvalue weighted by atomic mass is 16.5. The molecule has 1 saturated carbocycles. The molecule has 0 atom stereocenters. The minimum absolute atomic E-state index is 0.610. The molecule has 0 spiro atoms. The number of ether oxygens (including phenoxy) is 1. The second-order valence-electron chi connectivity index (χ2n) is 5.16. The van der Waals surface area contributed by atoms with Gasteiger partial charge in [0.15, 0.2) is 0 Å². The molecule has 1 aromatic heterocycles. The Bertz CT molecular complexity index is 379. The van der Waals surface area contributed by atoms with E-state index in [0.717, 1.165) is 43.7 Å². The Kier molecular flexibility index (Phi) is 5.76. The molecule has 0 bridgehead atoms. The van der Waals surface area contributed by atoms with Gasteiger partial charge in [0.1, 0.15) is 0 Å². The van der Waals surface area contributed by atoms with Gasteiger partial charge in [-0.05, 0) is 38.6 Å². The zero-order valence-electron chi connectivity index (χ0n) is 12.1. The lowest BCUT2D eigenvalue weighted by Gasteiger charge is -2.15. The van der Waals surface area contributed by atoms with Gasteiger partial charge in [-0.2, -0.15) is 0 Å². The topological polar surface area (TPSA) is 37.4 Å². The number of hydrogen-bond acceptors (Lipinski definition) is 4. The zero-order valence-corrected chi connectivity index (χ0v) is 12.1. The summed E-state index contributed by atoms with van der Waals surface area (Å²) >= 11 is 0. The molecule has 0 radical (unpaired) electrons. The van der Waals surface area contributed by atoms with Crippen molar-refractivity contribution >= 4 is 0 Å². The second-order valence-corrected chi connectivity index (χ2v) is 5.16. The zero-order chi connectivity index (χ0) is 13.5. The lowest BCUT2D eigenvalue weighted by molar-refractivity contribution is 0.0956. The van der Waals surface area contributed by atoms with Gasteiger partial charge in [0.05, 0.1) is 24.6 Å². The number of nitrogens with zero attached hydrogens (tertiary/aromatic N) is 2. The summed E-state index contributed by atoms with van der Waals surface area (Å²) in [5, 5.41) is 3.28. The Morgan fingerprint density at radius 3 is 2.89 bits per heavy atom. The molecule has 4 heteroatoms. The fourth-order valence-corrected chi connectivity index (χ4v) is 2.04. The first-order valence-corrected chi connectivity index (χ1v) is 7.23. The smallest absolute Gasteiger partial charge is 0.0888 e. The molecule has 0 saturated heterocycles. The van der Waals surface area contributed by atoms with Gasteiger partial charge in [0.25, 0.3) is 0 Å². The van der Waals surface area contributed by atoms with Crippen molar-refractivity contribution in [1.29, 1.82) is 0 Å². The molecule has 1 aromatic rings. The fourth-order valence-electron chi connectivity index (χ4n) is 2.04. The van der Waals surface area contributed by atoms with Crippen LogP contribution in [-0.2, 0) is 17.9 Å². The van der Waals surface area contributed by atoms with Crippen molar-refractivity contribution in [3.05, 3.63) is 29.6 Å². The monoisotopic (exact) mass is 263 g/mol. The van der Waals surface area contributed by atoms with Crippen LogP contribution in [0, 0.1) is 0 Å². The van der Waals surface area contributed by atoms with Crippen molar-refractivity contribution in [1.82, 2.24) is 15.2 Å². The molecule has 0 aromatic carbocycles. The van der Waals surface area contributed by atoms with E-state index in [1.165, 1.54) is 12.8 Å². The summed E-state index contributed by atoms with van der Waals surface area (Å²) in [6.07, 6.45) is 2.70. The Morgan fingerprint density at radius 2 is 2.16 bits per heavy atom. The summed E-state index contributed by atoms with van der Waals surface area (Å²) in [5.74, 6) is 0. The maximum Gasteiger partial charge on any atom is 0.0888 e. The second kappa shape index (κ2) is 7.58. The van der Waals surface area contributed by atoms with E-state index < -0.39 is 0 Å². The third kappa shape index (κ3) is 5.27. The normalized spacial score (nSPS) is 15.1. The quantitative estimate of drug-likeness (QED) is 0.689. The standard InChI is InChI=1S/C15H25N3O/c1-3-16-11-13-5-4-6-14(17-13)12-19-10-9-18(2)15-7-8-15/h4-6,15-16H,3,7-12H2,1-2H3. The molecule has 2 rings (SSSR count). The third-order valence-electron chi connectivity index (χ3n) is 3.43. The van der Waals surface area contributed by atoms with Crippen LogP contribution in [0.25, 0.3) is 0 Å². The fraction of sp³-hybridized carbons (Fsp3) is 0.667. The first-order valence-electron chi connectivity index (χ1n) is 7.23. The lowest BCUT2D eigenvalue weighted by Crippen LogP contribution is -2.25. The van der Waals surface area contributed by atoms with Gasteiger partial charge in [-0.1, -0.05) is 13.0 Å². The molecule has 106 valence electrons. The van der Waals surface area contributed by atoms with Crippen molar-refractivity contribution in [2.75, 3.05) is 26.7 Å². The molecular formula is C15H25N3O. The van der Waals surface area contributed by atoms with Gasteiger partial charge in [-0.25, -0.2) is 0 Å². The highest BCUT2D eigenvalue weighted by Gasteiger charge is 2.25. The summed E-state index contributed by atoms with van der Waals surface area (Å²) in [6, 6.07) is 6.94. The van der Waals surface area contributed by atoms with Crippen LogP contribution in [0.1, 0.15) is 31.2 Å². The molecule has 4 nitrogen and oxygen atoms in total. The highest BCUT2D eigenvalue weighted by molar-refractivity contribution is 5.10. The predicted molar refractivity (Wildman–Crippen MR) is 76.9 cm³/mol. The molecule has 1 aliphatic carbocycles. The largest absolute Gasteiger partial charge is 0.374 e. The van der Waals surface area contributed by atoms with Crippen molar-refractivity contribution in [2.24, 2.45) is 0 Å². The maximum atomic E-state index is 5.70. The Balaban J connectivity index is 1.66. The van der Waals surface area contributed by atoms with Crippen LogP contribution >= 0.6 is 0 Å². The highest BCUT2D eigenvalue weighted by Crippen LogP contribution is 2.24. The van der Waals surface area contributed by atoms with E-state index >= 15 is 0 Å². The minimum atomic E-state index is 0.610. The van der Waals surface area contributed by atoms with Crippen LogP contribution in [0.4, 0.5) is 0 Å². The van der Waals surface area contributed by atoms with Gasteiger partial charge < -0.3 is 15.0 Å². The van der Waals surface area contributed by atoms with Crippen LogP contribution in [0.3, 0.4) is 0 Å². The van der Waals surface area contributed by atoms with E-state index in [2.05, 4.69) is 35.2 Å². The van der Waals surface area contributed by atoms with E-state index in [9.17, 15) is 0 Å². The summed E-state index contributed by atoms with van der Waals surface area (Å²) in [7, 11) is 2.18. The maximum absolute atomic E-state index is 5.70. The van der Waals surface area contributed by atoms with Gasteiger partial charge in [0.2, 0.25) is 0 Å². The van der Waals surface area contributed by atoms with Crippen LogP contribution in [-0.4, -0.2) is 42.7 Å². The van der Waals surface area contributed by atoms with Crippen molar-refractivity contribution in [3.63, 3.8) is 0 Å². The van der Waals surface area contributed by atoms with Crippen LogP contribution < -0.4 is 5.32 Å². The van der Waals surface area contributed by atoms with E-state index in [1.54, 1.807) is 0 Å². The van der Waals surface area contributed by atoms with E-state index in [4.69, 9.17) is 4.74 Å². The first kappa shape index (κ1) is 14.4. The molecule has 1 heterocycles. The number of pyridine rings is 1. The van der Waals surface area contributed by atoms with Gasteiger partial charge in [0, 0.05) is 19.1 Å². The molecule has 19 heavy (non-hydrogen) atoms. The summed E-state index contributed by atoms with van der Waals surface area (Å²) < 4.78 is 5.70. The van der Waals surface area contributed by atoms with Gasteiger partial charge in [-0.3, -0.25) is 4.98 Å². The van der Waals surface area contributed by atoms with Crippen LogP contribution in [0.2, 0.25) is 0 Å². The Morgan fingerprint density at radius 1 is 1.37 bits per heavy atom. The molecule has 0 amide bonds. The molecule has 1 fully saturated rings. The Labute approximate surface area is 116 Å². The minimum Gasteiger partial charge on any atom is -0.374 e. The van der Waals surface area contributed by atoms with Crippen molar-refractivity contribution < 1.29 is 4.74 Å². The van der Waals surface area contributed by atoms with Crippen LogP contribution in [0.15, 0.2) is 18.2 Å². The Hall–Kier alpha value is -0.970. The first-order chi connectivity index (χ1) is 9.29. The number of likely N-dealkylation sites (N-methyl/N-ethyl adjacent to an activating group) is 1. The molecular weight excluding hydrogens is 238 g/mol. The molecule has 1 N–H and O–H groups in total. The number of nitrogens with one attached hydrogen (secondary N) is 1. The van der Waals surface area contributed by atoms with E-state index in [0.29, 0.717) is 6.61 Å². The summed E-state index contributed by atoms with van der Waals surface area (Å²) in [5.41, 5.74) is 2.10. The van der Waals surface area contributed by atoms with Crippen molar-refractivity contribution in [2.45, 2.75) is 39.0 Å². The predicted octanol–water partition coefficient (Wildman–Crippen LogP) is 1.80. The number of aromatic nitrogens is 1. The average Bonchev–Trinajstić information content (AvgIpc) is 3.26. The lowest BCUT2D eigenvalue weighted by atomic mass is 10.3. The van der Waals surface area contributed by atoms with Crippen molar-refractivity contribution in [3.8, 4) is 0 Å². The third-order valence-corrected chi connectivity index (χ3v) is 3.43. The molecule has 1 aliphatic rings. The van der Waals surface area contributed by atoms with E-state index in [1.807, 2.05) is 12.1 Å². The summed E-state index contributed by atoms with van der Waals surface area (Å²) in [4.78, 5) is 6.96. The SMILES string of the molecule is CCNCc1cccc(COCCN(C)C2CC2)n1. The van der Waals surface area contributed by atoms with Gasteiger partial charge >= 0.3 is 0 Å². The summed E-state index contributed by atoms with van der Waals surface area (Å²) in [6.45, 7) is 6.31. The number of hydrogen-bond donors (Lipinski definition) is 1. The van der Waals surface area contributed by atoms with Gasteiger partial charge in [-0.15, -0.1) is 0 Å². The molecule has 0 aliphatic heterocycles. The van der Waals surface area contributed by atoms with E-state index in [-0.39, 0.29) is 0 Å². The van der Waals surface area contributed by atoms with Crippen LogP contribution in [0.5, 0.6) is 0 Å².